The van der Waals surface area contributed by atoms with Gasteiger partial charge in [0.25, 0.3) is 0 Å². The Morgan fingerprint density at radius 1 is 1.07 bits per heavy atom. The average Bonchev–Trinajstić information content (AvgIpc) is 3.20. The van der Waals surface area contributed by atoms with Gasteiger partial charge in [-0.1, -0.05) is 6.07 Å². The highest BCUT2D eigenvalue weighted by Crippen LogP contribution is 2.24. The van der Waals surface area contributed by atoms with E-state index in [-0.39, 0.29) is 0 Å². The second-order valence-corrected chi connectivity index (χ2v) is 7.46. The molecule has 1 aromatic carbocycles. The molecule has 0 spiro atoms. The number of anilines is 2. The first-order valence-electron chi connectivity index (χ1n) is 10.2. The largest absolute Gasteiger partial charge is 0.370 e. The number of nitrogens with one attached hydrogen (secondary N) is 1. The molecule has 28 heavy (non-hydrogen) atoms. The molecule has 3 N–H and O–H groups in total. The molecule has 0 saturated carbocycles. The van der Waals surface area contributed by atoms with Crippen molar-refractivity contribution in [3.8, 4) is 0 Å². The van der Waals surface area contributed by atoms with Crippen LogP contribution in [0.4, 0.5) is 11.6 Å². The third-order valence-corrected chi connectivity index (χ3v) is 5.49. The Morgan fingerprint density at radius 2 is 1.86 bits per heavy atom. The molecule has 1 aliphatic heterocycles. The summed E-state index contributed by atoms with van der Waals surface area (Å²) in [6, 6.07) is 8.37. The first-order chi connectivity index (χ1) is 13.8. The van der Waals surface area contributed by atoms with Crippen molar-refractivity contribution in [2.45, 2.75) is 25.7 Å². The van der Waals surface area contributed by atoms with Crippen LogP contribution in [0.5, 0.6) is 0 Å². The van der Waals surface area contributed by atoms with Gasteiger partial charge < -0.3 is 16.0 Å². The molecule has 0 radical (unpaired) electrons. The van der Waals surface area contributed by atoms with Gasteiger partial charge in [-0.25, -0.2) is 9.97 Å². The maximum Gasteiger partial charge on any atom is 0.225 e. The summed E-state index contributed by atoms with van der Waals surface area (Å²) in [6.07, 6.45) is 8.24. The van der Waals surface area contributed by atoms with E-state index in [1.807, 2.05) is 6.07 Å². The number of hydrogen-bond acceptors (Lipinski definition) is 5. The first-order valence-corrected chi connectivity index (χ1v) is 10.2. The van der Waals surface area contributed by atoms with Gasteiger partial charge in [0.1, 0.15) is 0 Å². The molecule has 1 saturated heterocycles. The van der Waals surface area contributed by atoms with Gasteiger partial charge in [-0.2, -0.15) is 0 Å². The van der Waals surface area contributed by atoms with E-state index in [1.165, 1.54) is 30.4 Å². The minimum Gasteiger partial charge on any atom is -0.370 e. The monoisotopic (exact) mass is 379 g/mol. The lowest BCUT2D eigenvalue weighted by molar-refractivity contribution is 0.255. The molecule has 2 aliphatic rings. The number of hydrogen-bond donors (Lipinski definition) is 2. The van der Waals surface area contributed by atoms with Crippen molar-refractivity contribution in [1.82, 2.24) is 14.9 Å². The van der Waals surface area contributed by atoms with Gasteiger partial charge in [0, 0.05) is 57.3 Å². The molecule has 0 bridgehead atoms. The summed E-state index contributed by atoms with van der Waals surface area (Å²) in [5.74, 6) is 1.33. The fraction of sp³-hybridized carbons (Fsp3) is 0.476. The standard InChI is InChI=1S/C21H29N7/c22-20(26-19-7-6-17-4-1-5-18(17)16-19)23-10-3-11-27-12-14-28(15-13-27)21-24-8-2-9-25-21/h2,6-9,16H,1,3-5,10-15H2,(H3,22,23,26). The summed E-state index contributed by atoms with van der Waals surface area (Å²) >= 11 is 0. The molecule has 2 aromatic rings. The minimum absolute atomic E-state index is 0.504. The van der Waals surface area contributed by atoms with Crippen LogP contribution in [-0.2, 0) is 12.8 Å². The number of guanidine groups is 1. The average molecular weight is 380 g/mol. The number of fused-ring (bicyclic) bond motifs is 1. The fourth-order valence-electron chi connectivity index (χ4n) is 3.96. The van der Waals surface area contributed by atoms with E-state index >= 15 is 0 Å². The van der Waals surface area contributed by atoms with E-state index in [9.17, 15) is 0 Å². The van der Waals surface area contributed by atoms with Crippen LogP contribution in [0.3, 0.4) is 0 Å². The van der Waals surface area contributed by atoms with Crippen LogP contribution in [-0.4, -0.2) is 60.1 Å². The number of benzene rings is 1. The van der Waals surface area contributed by atoms with Crippen molar-refractivity contribution in [3.63, 3.8) is 0 Å². The van der Waals surface area contributed by atoms with Gasteiger partial charge in [-0.05, 0) is 55.0 Å². The number of piperazine rings is 1. The van der Waals surface area contributed by atoms with Crippen molar-refractivity contribution in [3.05, 3.63) is 47.8 Å². The molecule has 0 atom stereocenters. The number of aryl methyl sites for hydroxylation is 2. The van der Waals surface area contributed by atoms with Crippen molar-refractivity contribution in [2.75, 3.05) is 49.5 Å². The van der Waals surface area contributed by atoms with Crippen molar-refractivity contribution >= 4 is 17.6 Å². The lowest BCUT2D eigenvalue weighted by atomic mass is 10.1. The molecule has 2 heterocycles. The molecule has 1 aliphatic carbocycles. The van der Waals surface area contributed by atoms with Crippen LogP contribution < -0.4 is 16.0 Å². The highest BCUT2D eigenvalue weighted by atomic mass is 15.3. The van der Waals surface area contributed by atoms with Gasteiger partial charge in [-0.15, -0.1) is 0 Å². The van der Waals surface area contributed by atoms with E-state index in [2.05, 4.69) is 48.3 Å². The van der Waals surface area contributed by atoms with Crippen LogP contribution in [0.15, 0.2) is 41.7 Å². The Bertz CT molecular complexity index is 798. The molecule has 7 heteroatoms. The SMILES string of the molecule is NC(=NCCCN1CCN(c2ncccn2)CC1)Nc1ccc2c(c1)CCC2. The Labute approximate surface area is 166 Å². The second-order valence-electron chi connectivity index (χ2n) is 7.46. The smallest absolute Gasteiger partial charge is 0.225 e. The summed E-state index contributed by atoms with van der Waals surface area (Å²) in [4.78, 5) is 17.9. The second kappa shape index (κ2) is 9.01. The van der Waals surface area contributed by atoms with E-state index in [1.54, 1.807) is 12.4 Å². The molecule has 0 unspecified atom stereocenters. The zero-order chi connectivity index (χ0) is 19.2. The molecule has 0 amide bonds. The lowest BCUT2D eigenvalue weighted by Gasteiger charge is -2.34. The van der Waals surface area contributed by atoms with Crippen LogP contribution in [0.2, 0.25) is 0 Å². The first kappa shape index (κ1) is 18.7. The van der Waals surface area contributed by atoms with Crippen LogP contribution in [0.1, 0.15) is 24.0 Å². The summed E-state index contributed by atoms with van der Waals surface area (Å²) in [6.45, 7) is 5.78. The van der Waals surface area contributed by atoms with Crippen molar-refractivity contribution in [2.24, 2.45) is 10.7 Å². The third kappa shape index (κ3) is 4.78. The maximum atomic E-state index is 6.06. The van der Waals surface area contributed by atoms with Gasteiger partial charge in [0.2, 0.25) is 5.95 Å². The lowest BCUT2D eigenvalue weighted by Crippen LogP contribution is -2.47. The highest BCUT2D eigenvalue weighted by molar-refractivity contribution is 5.92. The molecule has 1 fully saturated rings. The number of rotatable bonds is 6. The van der Waals surface area contributed by atoms with Gasteiger partial charge in [-0.3, -0.25) is 9.89 Å². The normalized spacial score (nSPS) is 17.6. The molecule has 1 aromatic heterocycles. The molecule has 7 nitrogen and oxygen atoms in total. The Kier molecular flexibility index (Phi) is 6.01. The molecule has 4 rings (SSSR count). The van der Waals surface area contributed by atoms with E-state index < -0.39 is 0 Å². The summed E-state index contributed by atoms with van der Waals surface area (Å²) in [5.41, 5.74) is 10.0. The number of aromatic nitrogens is 2. The predicted octanol–water partition coefficient (Wildman–Crippen LogP) is 1.90. The Hall–Kier alpha value is -2.67. The Balaban J connectivity index is 1.16. The van der Waals surface area contributed by atoms with E-state index in [4.69, 9.17) is 5.73 Å². The van der Waals surface area contributed by atoms with Gasteiger partial charge in [0.05, 0.1) is 0 Å². The molecular formula is C21H29N7. The molecular weight excluding hydrogens is 350 g/mol. The summed E-state index contributed by atoms with van der Waals surface area (Å²) in [7, 11) is 0. The zero-order valence-corrected chi connectivity index (χ0v) is 16.3. The number of nitrogens with two attached hydrogens (primary N) is 1. The van der Waals surface area contributed by atoms with E-state index in [0.717, 1.165) is 57.3 Å². The van der Waals surface area contributed by atoms with Crippen LogP contribution >= 0.6 is 0 Å². The van der Waals surface area contributed by atoms with Crippen molar-refractivity contribution in [1.29, 1.82) is 0 Å². The van der Waals surface area contributed by atoms with Crippen LogP contribution in [0, 0.1) is 0 Å². The van der Waals surface area contributed by atoms with Crippen molar-refractivity contribution < 1.29 is 0 Å². The van der Waals surface area contributed by atoms with Gasteiger partial charge in [0.15, 0.2) is 5.96 Å². The zero-order valence-electron chi connectivity index (χ0n) is 16.3. The third-order valence-electron chi connectivity index (χ3n) is 5.49. The van der Waals surface area contributed by atoms with E-state index in [0.29, 0.717) is 5.96 Å². The number of nitrogens with zero attached hydrogens (tertiary/aromatic N) is 5. The van der Waals surface area contributed by atoms with Gasteiger partial charge >= 0.3 is 0 Å². The number of aliphatic imine (C=N–C) groups is 1. The highest BCUT2D eigenvalue weighted by Gasteiger charge is 2.18. The van der Waals surface area contributed by atoms with Crippen LogP contribution in [0.25, 0.3) is 0 Å². The summed E-state index contributed by atoms with van der Waals surface area (Å²) in [5, 5.41) is 3.23. The maximum absolute atomic E-state index is 6.06. The topological polar surface area (TPSA) is 82.7 Å². The predicted molar refractivity (Wildman–Crippen MR) is 114 cm³/mol. The minimum atomic E-state index is 0.504. The Morgan fingerprint density at radius 3 is 2.68 bits per heavy atom. The molecule has 148 valence electrons. The fourth-order valence-corrected chi connectivity index (χ4v) is 3.96. The quantitative estimate of drug-likeness (QED) is 0.453. The summed E-state index contributed by atoms with van der Waals surface area (Å²) < 4.78 is 0.